The van der Waals surface area contributed by atoms with Crippen molar-refractivity contribution in [2.24, 2.45) is 5.73 Å². The fourth-order valence-electron chi connectivity index (χ4n) is 2.82. The van der Waals surface area contributed by atoms with E-state index in [1.54, 1.807) is 24.3 Å². The molecule has 0 radical (unpaired) electrons. The number of para-hydroxylation sites is 2. The van der Waals surface area contributed by atoms with Crippen molar-refractivity contribution in [1.29, 1.82) is 0 Å². The Kier molecular flexibility index (Phi) is 6.48. The van der Waals surface area contributed by atoms with Crippen LogP contribution in [-0.2, 0) is 0 Å². The van der Waals surface area contributed by atoms with Gasteiger partial charge in [-0.05, 0) is 42.6 Å². The molecular weight excluding hydrogens is 388 g/mol. The van der Waals surface area contributed by atoms with E-state index in [1.807, 2.05) is 19.9 Å². The van der Waals surface area contributed by atoms with E-state index in [0.717, 1.165) is 5.56 Å². The number of amides is 2. The van der Waals surface area contributed by atoms with Gasteiger partial charge in [-0.15, -0.1) is 0 Å². The van der Waals surface area contributed by atoms with Gasteiger partial charge in [-0.1, -0.05) is 32.0 Å². The molecule has 0 spiro atoms. The molecule has 3 aromatic rings. The lowest BCUT2D eigenvalue weighted by atomic mass is 10.0. The summed E-state index contributed by atoms with van der Waals surface area (Å²) in [6, 6.07) is 10.9. The largest absolute Gasteiger partial charge is 0.739 e. The molecule has 10 heteroatoms. The molecule has 30 heavy (non-hydrogen) atoms. The predicted molar refractivity (Wildman–Crippen MR) is 112 cm³/mol. The van der Waals surface area contributed by atoms with Crippen LogP contribution in [0.3, 0.4) is 0 Å². The topological polar surface area (TPSA) is 143 Å². The maximum atomic E-state index is 12.5. The predicted octanol–water partition coefficient (Wildman–Crippen LogP) is 2.00. The fourth-order valence-corrected chi connectivity index (χ4v) is 2.82. The molecule has 0 aliphatic rings. The first-order valence-corrected chi connectivity index (χ1v) is 9.57. The van der Waals surface area contributed by atoms with Gasteiger partial charge in [-0.25, -0.2) is 9.52 Å². The molecule has 3 rings (SSSR count). The second-order valence-corrected chi connectivity index (χ2v) is 6.96. The third kappa shape index (κ3) is 4.66. The van der Waals surface area contributed by atoms with E-state index in [1.165, 1.54) is 12.1 Å². The number of aromatic nitrogens is 3. The van der Waals surface area contributed by atoms with E-state index < -0.39 is 12.0 Å². The van der Waals surface area contributed by atoms with Crippen molar-refractivity contribution < 1.29 is 19.1 Å². The Morgan fingerprint density at radius 1 is 1.17 bits per heavy atom. The summed E-state index contributed by atoms with van der Waals surface area (Å²) >= 11 is 0. The molecule has 0 fully saturated rings. The SMILES string of the molecule is CC(C)c1ccc(OCCCN)c(NC(=O)Nc2n[n+]([O-])c3ccccc3[n+]2[O-])c1. The van der Waals surface area contributed by atoms with Gasteiger partial charge in [-0.3, -0.25) is 5.32 Å². The van der Waals surface area contributed by atoms with Crippen LogP contribution in [0.4, 0.5) is 16.4 Å². The summed E-state index contributed by atoms with van der Waals surface area (Å²) in [6.45, 7) is 4.94. The summed E-state index contributed by atoms with van der Waals surface area (Å²) in [5.41, 5.74) is 7.12. The van der Waals surface area contributed by atoms with Gasteiger partial charge in [0.2, 0.25) is 5.10 Å². The van der Waals surface area contributed by atoms with Crippen molar-refractivity contribution >= 4 is 28.7 Å². The maximum Gasteiger partial charge on any atom is 0.469 e. The summed E-state index contributed by atoms with van der Waals surface area (Å²) in [5.74, 6) is 0.271. The van der Waals surface area contributed by atoms with Crippen LogP contribution >= 0.6 is 0 Å². The highest BCUT2D eigenvalue weighted by atomic mass is 16.5. The lowest BCUT2D eigenvalue weighted by molar-refractivity contribution is -0.672. The molecule has 0 saturated carbocycles. The molecule has 1 aromatic heterocycles. The number of fused-ring (bicyclic) bond motifs is 1. The van der Waals surface area contributed by atoms with Crippen LogP contribution in [0.5, 0.6) is 5.75 Å². The number of nitrogens with two attached hydrogens (primary N) is 1. The van der Waals surface area contributed by atoms with Crippen LogP contribution in [0.1, 0.15) is 31.7 Å². The molecule has 158 valence electrons. The van der Waals surface area contributed by atoms with Crippen molar-refractivity contribution in [2.45, 2.75) is 26.2 Å². The normalized spacial score (nSPS) is 10.9. The first kappa shape index (κ1) is 21.1. The zero-order valence-electron chi connectivity index (χ0n) is 16.8. The number of hydrogen-bond acceptors (Lipinski definition) is 6. The van der Waals surface area contributed by atoms with Crippen LogP contribution in [0.15, 0.2) is 42.5 Å². The number of benzene rings is 2. The number of rotatable bonds is 7. The van der Waals surface area contributed by atoms with Crippen molar-refractivity contribution in [1.82, 2.24) is 5.10 Å². The molecule has 0 atom stereocenters. The summed E-state index contributed by atoms with van der Waals surface area (Å²) in [7, 11) is 0. The Bertz CT molecular complexity index is 1060. The van der Waals surface area contributed by atoms with Crippen LogP contribution in [0.2, 0.25) is 0 Å². The second-order valence-electron chi connectivity index (χ2n) is 6.96. The highest BCUT2D eigenvalue weighted by Gasteiger charge is 2.23. The van der Waals surface area contributed by atoms with E-state index in [-0.39, 0.29) is 17.0 Å². The van der Waals surface area contributed by atoms with Crippen LogP contribution in [-0.4, -0.2) is 24.3 Å². The Morgan fingerprint density at radius 2 is 1.90 bits per heavy atom. The number of hydrogen-bond donors (Lipinski definition) is 3. The standard InChI is InChI=1S/C20H24N6O4/c1-13(2)14-8-9-18(30-11-5-10-21)15(12-14)22-20(27)23-19-24-26(29)17-7-4-3-6-16(17)25(19)28/h3-4,6-9,12-13H,5,10-11,21H2,1-2H3,(H2,22,23,24,27). The van der Waals surface area contributed by atoms with Gasteiger partial charge >= 0.3 is 12.0 Å². The molecule has 0 bridgehead atoms. The summed E-state index contributed by atoms with van der Waals surface area (Å²) in [4.78, 5) is 12.8. The van der Waals surface area contributed by atoms with Crippen LogP contribution in [0.25, 0.3) is 11.0 Å². The van der Waals surface area contributed by atoms with Gasteiger partial charge < -0.3 is 20.9 Å². The van der Waals surface area contributed by atoms with Gasteiger partial charge in [0.05, 0.1) is 12.3 Å². The highest BCUT2D eigenvalue weighted by Crippen LogP contribution is 2.29. The van der Waals surface area contributed by atoms with E-state index in [2.05, 4.69) is 15.7 Å². The van der Waals surface area contributed by atoms with Crippen molar-refractivity contribution in [3.05, 3.63) is 58.4 Å². The maximum absolute atomic E-state index is 12.5. The summed E-state index contributed by atoms with van der Waals surface area (Å²) in [6.07, 6.45) is 0.665. The number of carbonyl (C=O) groups is 1. The van der Waals surface area contributed by atoms with E-state index >= 15 is 0 Å². The number of ether oxygens (including phenoxy) is 1. The van der Waals surface area contributed by atoms with Gasteiger partial charge in [0.15, 0.2) is 5.52 Å². The molecule has 0 aliphatic heterocycles. The van der Waals surface area contributed by atoms with Crippen LogP contribution in [0, 0.1) is 10.4 Å². The molecule has 4 N–H and O–H groups in total. The molecule has 2 amide bonds. The molecule has 0 aliphatic carbocycles. The summed E-state index contributed by atoms with van der Waals surface area (Å²) in [5, 5.41) is 33.1. The molecule has 2 aromatic carbocycles. The molecular formula is C20H24N6O4. The zero-order chi connectivity index (χ0) is 21.7. The van der Waals surface area contributed by atoms with E-state index in [9.17, 15) is 15.2 Å². The minimum atomic E-state index is -0.730. The summed E-state index contributed by atoms with van der Waals surface area (Å²) < 4.78 is 6.10. The molecule has 1 heterocycles. The first-order chi connectivity index (χ1) is 14.4. The smallest absolute Gasteiger partial charge is 0.469 e. The van der Waals surface area contributed by atoms with Gasteiger partial charge in [0.25, 0.3) is 5.52 Å². The van der Waals surface area contributed by atoms with Crippen molar-refractivity contribution in [2.75, 3.05) is 23.8 Å². The number of nitrogens with zero attached hydrogens (tertiary/aromatic N) is 3. The monoisotopic (exact) mass is 412 g/mol. The Balaban J connectivity index is 1.84. The lowest BCUT2D eigenvalue weighted by Gasteiger charge is -2.15. The molecule has 10 nitrogen and oxygen atoms in total. The average molecular weight is 412 g/mol. The third-order valence-electron chi connectivity index (χ3n) is 4.43. The van der Waals surface area contributed by atoms with Crippen molar-refractivity contribution in [3.8, 4) is 5.75 Å². The first-order valence-electron chi connectivity index (χ1n) is 9.57. The highest BCUT2D eigenvalue weighted by molar-refractivity contribution is 5.99. The lowest BCUT2D eigenvalue weighted by Crippen LogP contribution is -2.45. The number of urea groups is 1. The van der Waals surface area contributed by atoms with E-state index in [0.29, 0.717) is 40.6 Å². The number of carbonyl (C=O) groups excluding carboxylic acids is 1. The van der Waals surface area contributed by atoms with Crippen molar-refractivity contribution in [3.63, 3.8) is 0 Å². The van der Waals surface area contributed by atoms with E-state index in [4.69, 9.17) is 10.5 Å². The van der Waals surface area contributed by atoms with Gasteiger partial charge in [0, 0.05) is 10.9 Å². The quantitative estimate of drug-likeness (QED) is 0.308. The molecule has 0 saturated heterocycles. The minimum absolute atomic E-state index is 0.0883. The van der Waals surface area contributed by atoms with Gasteiger partial charge in [0.1, 0.15) is 5.75 Å². The number of anilines is 2. The molecule has 0 unspecified atom stereocenters. The average Bonchev–Trinajstić information content (AvgIpc) is 2.73. The second kappa shape index (κ2) is 9.23. The zero-order valence-corrected chi connectivity index (χ0v) is 16.8. The third-order valence-corrected chi connectivity index (χ3v) is 4.43. The Labute approximate surface area is 173 Å². The Morgan fingerprint density at radius 3 is 2.60 bits per heavy atom. The van der Waals surface area contributed by atoms with Crippen LogP contribution < -0.4 is 30.7 Å². The van der Waals surface area contributed by atoms with Gasteiger partial charge in [-0.2, -0.15) is 5.32 Å². The number of nitrogens with one attached hydrogen (secondary N) is 2. The fraction of sp³-hybridized carbons (Fsp3) is 0.300. The Hall–Kier alpha value is -3.66. The minimum Gasteiger partial charge on any atom is -0.739 e.